The summed E-state index contributed by atoms with van der Waals surface area (Å²) in [5.41, 5.74) is 1.26. The van der Waals surface area contributed by atoms with Crippen molar-refractivity contribution in [2.45, 2.75) is 39.7 Å². The van der Waals surface area contributed by atoms with Crippen molar-refractivity contribution in [3.05, 3.63) is 35.6 Å². The Hall–Kier alpha value is -0.930. The highest BCUT2D eigenvalue weighted by atomic mass is 19.1. The molecule has 0 radical (unpaired) electrons. The maximum Gasteiger partial charge on any atom is 0.127 e. The Morgan fingerprint density at radius 2 is 1.86 bits per heavy atom. The van der Waals surface area contributed by atoms with Gasteiger partial charge in [-0.05, 0) is 50.4 Å². The first kappa shape index (κ1) is 16.4. The van der Waals surface area contributed by atoms with Crippen LogP contribution in [-0.2, 0) is 0 Å². The predicted octanol–water partition coefficient (Wildman–Crippen LogP) is 3.84. The second-order valence-electron chi connectivity index (χ2n) is 7.23. The van der Waals surface area contributed by atoms with Gasteiger partial charge in [0.1, 0.15) is 5.82 Å². The lowest BCUT2D eigenvalue weighted by Crippen LogP contribution is -2.41. The maximum atomic E-state index is 14.0. The van der Waals surface area contributed by atoms with E-state index in [1.54, 1.807) is 12.1 Å². The van der Waals surface area contributed by atoms with Crippen molar-refractivity contribution < 1.29 is 4.39 Å². The molecule has 2 atom stereocenters. The molecule has 0 spiro atoms. The summed E-state index contributed by atoms with van der Waals surface area (Å²) in [4.78, 5) is 2.53. The summed E-state index contributed by atoms with van der Waals surface area (Å²) in [6.45, 7) is 10.3. The van der Waals surface area contributed by atoms with Crippen molar-refractivity contribution in [1.82, 2.24) is 10.2 Å². The fourth-order valence-electron chi connectivity index (χ4n) is 3.33. The van der Waals surface area contributed by atoms with Gasteiger partial charge in [-0.15, -0.1) is 0 Å². The maximum absolute atomic E-state index is 14.0. The second-order valence-corrected chi connectivity index (χ2v) is 7.23. The van der Waals surface area contributed by atoms with Crippen LogP contribution in [0.3, 0.4) is 0 Å². The Labute approximate surface area is 128 Å². The molecule has 0 bridgehead atoms. The van der Waals surface area contributed by atoms with Gasteiger partial charge < -0.3 is 10.2 Å². The molecule has 0 aromatic heterocycles. The number of likely N-dealkylation sites (tertiary alicyclic amines) is 1. The van der Waals surface area contributed by atoms with E-state index in [1.807, 2.05) is 19.2 Å². The molecule has 1 aliphatic rings. The SMILES string of the molecule is CNC(c1ccccc1F)C(C)CN1CCC(C)(C)CC1. The molecule has 2 nitrogen and oxygen atoms in total. The highest BCUT2D eigenvalue weighted by Crippen LogP contribution is 2.31. The molecular weight excluding hydrogens is 263 g/mol. The summed E-state index contributed by atoms with van der Waals surface area (Å²) < 4.78 is 14.0. The van der Waals surface area contributed by atoms with Gasteiger partial charge in [0.25, 0.3) is 0 Å². The van der Waals surface area contributed by atoms with Crippen LogP contribution in [0.4, 0.5) is 4.39 Å². The molecule has 0 saturated carbocycles. The lowest BCUT2D eigenvalue weighted by atomic mass is 9.82. The zero-order valence-corrected chi connectivity index (χ0v) is 13.8. The van der Waals surface area contributed by atoms with Crippen LogP contribution >= 0.6 is 0 Å². The van der Waals surface area contributed by atoms with Crippen LogP contribution in [0.2, 0.25) is 0 Å². The Bertz CT molecular complexity index is 448. The van der Waals surface area contributed by atoms with Gasteiger partial charge in [-0.25, -0.2) is 4.39 Å². The van der Waals surface area contributed by atoms with E-state index in [4.69, 9.17) is 0 Å². The number of hydrogen-bond acceptors (Lipinski definition) is 2. The molecule has 1 aromatic rings. The first-order valence-corrected chi connectivity index (χ1v) is 8.07. The average molecular weight is 292 g/mol. The van der Waals surface area contributed by atoms with E-state index < -0.39 is 0 Å². The van der Waals surface area contributed by atoms with Crippen molar-refractivity contribution in [2.75, 3.05) is 26.7 Å². The topological polar surface area (TPSA) is 15.3 Å². The van der Waals surface area contributed by atoms with Crippen LogP contribution in [-0.4, -0.2) is 31.6 Å². The van der Waals surface area contributed by atoms with E-state index in [0.717, 1.165) is 25.2 Å². The third-order valence-corrected chi connectivity index (χ3v) is 4.88. The minimum Gasteiger partial charge on any atom is -0.313 e. The normalized spacial score (nSPS) is 22.0. The third kappa shape index (κ3) is 4.27. The van der Waals surface area contributed by atoms with E-state index >= 15 is 0 Å². The van der Waals surface area contributed by atoms with Crippen LogP contribution in [0, 0.1) is 17.2 Å². The van der Waals surface area contributed by atoms with Crippen molar-refractivity contribution in [3.8, 4) is 0 Å². The smallest absolute Gasteiger partial charge is 0.127 e. The standard InChI is InChI=1S/C18H29FN2/c1-14(13-21-11-9-18(2,3)10-12-21)17(20-4)15-7-5-6-8-16(15)19/h5-8,14,17,20H,9-13H2,1-4H3. The van der Waals surface area contributed by atoms with Crippen molar-refractivity contribution in [2.24, 2.45) is 11.3 Å². The number of benzene rings is 1. The van der Waals surface area contributed by atoms with E-state index in [0.29, 0.717) is 11.3 Å². The van der Waals surface area contributed by atoms with Gasteiger partial charge in [0.05, 0.1) is 0 Å². The zero-order chi connectivity index (χ0) is 15.5. The second kappa shape index (κ2) is 6.89. The molecule has 2 unspecified atom stereocenters. The fraction of sp³-hybridized carbons (Fsp3) is 0.667. The number of nitrogens with zero attached hydrogens (tertiary/aromatic N) is 1. The van der Waals surface area contributed by atoms with Crippen molar-refractivity contribution in [3.63, 3.8) is 0 Å². The van der Waals surface area contributed by atoms with Crippen LogP contribution < -0.4 is 5.32 Å². The van der Waals surface area contributed by atoms with E-state index in [1.165, 1.54) is 12.8 Å². The van der Waals surface area contributed by atoms with Gasteiger partial charge in [-0.3, -0.25) is 0 Å². The van der Waals surface area contributed by atoms with Gasteiger partial charge in [0.15, 0.2) is 0 Å². The third-order valence-electron chi connectivity index (χ3n) is 4.88. The molecule has 21 heavy (non-hydrogen) atoms. The van der Waals surface area contributed by atoms with E-state index in [-0.39, 0.29) is 11.9 Å². The molecule has 1 N–H and O–H groups in total. The molecule has 2 rings (SSSR count). The summed E-state index contributed by atoms with van der Waals surface area (Å²) >= 11 is 0. The summed E-state index contributed by atoms with van der Waals surface area (Å²) in [7, 11) is 1.92. The number of nitrogens with one attached hydrogen (secondary N) is 1. The molecule has 118 valence electrons. The number of halogens is 1. The minimum absolute atomic E-state index is 0.0705. The molecule has 1 fully saturated rings. The molecule has 3 heteroatoms. The lowest BCUT2D eigenvalue weighted by molar-refractivity contribution is 0.112. The minimum atomic E-state index is -0.108. The van der Waals surface area contributed by atoms with Crippen molar-refractivity contribution in [1.29, 1.82) is 0 Å². The van der Waals surface area contributed by atoms with Crippen LogP contribution in [0.15, 0.2) is 24.3 Å². The molecule has 1 heterocycles. The fourth-order valence-corrected chi connectivity index (χ4v) is 3.33. The predicted molar refractivity (Wildman–Crippen MR) is 86.8 cm³/mol. The van der Waals surface area contributed by atoms with Gasteiger partial charge in [-0.1, -0.05) is 39.0 Å². The van der Waals surface area contributed by atoms with Crippen LogP contribution in [0.1, 0.15) is 45.2 Å². The first-order valence-electron chi connectivity index (χ1n) is 8.07. The van der Waals surface area contributed by atoms with Gasteiger partial charge >= 0.3 is 0 Å². The largest absolute Gasteiger partial charge is 0.313 e. The Kier molecular flexibility index (Phi) is 5.39. The van der Waals surface area contributed by atoms with Crippen LogP contribution in [0.5, 0.6) is 0 Å². The number of rotatable bonds is 5. The van der Waals surface area contributed by atoms with Gasteiger partial charge in [-0.2, -0.15) is 0 Å². The molecular formula is C18H29FN2. The Morgan fingerprint density at radius 3 is 2.43 bits per heavy atom. The summed E-state index contributed by atoms with van der Waals surface area (Å²) in [6, 6.07) is 7.19. The molecule has 1 aliphatic heterocycles. The molecule has 0 aliphatic carbocycles. The molecule has 1 saturated heterocycles. The zero-order valence-electron chi connectivity index (χ0n) is 13.8. The highest BCUT2D eigenvalue weighted by Gasteiger charge is 2.28. The molecule has 1 aromatic carbocycles. The van der Waals surface area contributed by atoms with E-state index in [9.17, 15) is 4.39 Å². The monoisotopic (exact) mass is 292 g/mol. The summed E-state index contributed by atoms with van der Waals surface area (Å²) in [6.07, 6.45) is 2.51. The molecule has 0 amide bonds. The van der Waals surface area contributed by atoms with Gasteiger partial charge in [0, 0.05) is 18.2 Å². The average Bonchev–Trinajstić information content (AvgIpc) is 2.44. The number of piperidine rings is 1. The summed E-state index contributed by atoms with van der Waals surface area (Å²) in [5, 5.41) is 3.30. The first-order chi connectivity index (χ1) is 9.93. The summed E-state index contributed by atoms with van der Waals surface area (Å²) in [5.74, 6) is 0.275. The van der Waals surface area contributed by atoms with Crippen LogP contribution in [0.25, 0.3) is 0 Å². The van der Waals surface area contributed by atoms with E-state index in [2.05, 4.69) is 31.0 Å². The quantitative estimate of drug-likeness (QED) is 0.887. The number of hydrogen-bond donors (Lipinski definition) is 1. The Morgan fingerprint density at radius 1 is 1.24 bits per heavy atom. The van der Waals surface area contributed by atoms with Gasteiger partial charge in [0.2, 0.25) is 0 Å². The Balaban J connectivity index is 1.98. The lowest BCUT2D eigenvalue weighted by Gasteiger charge is -2.39. The highest BCUT2D eigenvalue weighted by molar-refractivity contribution is 5.21. The van der Waals surface area contributed by atoms with Crippen molar-refractivity contribution >= 4 is 0 Å².